The Morgan fingerprint density at radius 3 is 2.38 bits per heavy atom. The molecule has 1 aliphatic rings. The number of phenols is 1. The highest BCUT2D eigenvalue weighted by Crippen LogP contribution is 2.28. The van der Waals surface area contributed by atoms with Gasteiger partial charge in [0.05, 0.1) is 12.5 Å². The third kappa shape index (κ3) is 5.05. The number of amides is 2. The Bertz CT molecular complexity index is 1080. The fourth-order valence-corrected chi connectivity index (χ4v) is 3.79. The maximum Gasteiger partial charge on any atom is 0.305 e. The molecule has 1 aliphatic heterocycles. The summed E-state index contributed by atoms with van der Waals surface area (Å²) in [4.78, 5) is 38.7. The fraction of sp³-hybridized carbons (Fsp3) is 0.304. The van der Waals surface area contributed by atoms with Crippen LogP contribution in [0.4, 0.5) is 0 Å². The van der Waals surface area contributed by atoms with E-state index in [1.165, 1.54) is 24.3 Å². The van der Waals surface area contributed by atoms with Crippen molar-refractivity contribution in [2.75, 3.05) is 13.1 Å². The number of benzene rings is 2. The molecule has 2 amide bonds. The Kier molecular flexibility index (Phi) is 6.77. The summed E-state index contributed by atoms with van der Waals surface area (Å²) in [5, 5.41) is 29.7. The van der Waals surface area contributed by atoms with Crippen molar-refractivity contribution < 1.29 is 24.6 Å². The Hall–Kier alpha value is -3.88. The van der Waals surface area contributed by atoms with E-state index >= 15 is 0 Å². The zero-order valence-corrected chi connectivity index (χ0v) is 17.7. The van der Waals surface area contributed by atoms with Crippen LogP contribution in [0.25, 0.3) is 0 Å². The lowest BCUT2D eigenvalue weighted by molar-refractivity contribution is -0.137. The molecule has 3 rings (SSSR count). The number of amidine groups is 1. The van der Waals surface area contributed by atoms with Gasteiger partial charge in [-0.05, 0) is 61.7 Å². The van der Waals surface area contributed by atoms with Crippen LogP contribution in [0, 0.1) is 12.3 Å². The van der Waals surface area contributed by atoms with Crippen LogP contribution in [0.1, 0.15) is 62.7 Å². The molecule has 0 spiro atoms. The highest BCUT2D eigenvalue weighted by atomic mass is 16.4. The number of hydrogen-bond acceptors (Lipinski definition) is 5. The number of carboxylic acids is 1. The summed E-state index contributed by atoms with van der Waals surface area (Å²) in [6.45, 7) is 3.19. The maximum absolute atomic E-state index is 12.9. The quantitative estimate of drug-likeness (QED) is 0.329. The Labute approximate surface area is 185 Å². The molecule has 168 valence electrons. The van der Waals surface area contributed by atoms with Crippen molar-refractivity contribution in [2.45, 2.75) is 32.2 Å². The van der Waals surface area contributed by atoms with E-state index in [1.54, 1.807) is 24.0 Å². The molecule has 2 aromatic carbocycles. The number of carbonyl (C=O) groups is 3. The van der Waals surface area contributed by atoms with E-state index in [-0.39, 0.29) is 28.6 Å². The van der Waals surface area contributed by atoms with Crippen LogP contribution in [-0.2, 0) is 4.79 Å². The first-order valence-electron chi connectivity index (χ1n) is 10.3. The lowest BCUT2D eigenvalue weighted by Gasteiger charge is -2.20. The molecule has 9 heteroatoms. The van der Waals surface area contributed by atoms with Gasteiger partial charge in [-0.25, -0.2) is 0 Å². The Balaban J connectivity index is 1.85. The lowest BCUT2D eigenvalue weighted by Crippen LogP contribution is -2.31. The monoisotopic (exact) mass is 438 g/mol. The predicted molar refractivity (Wildman–Crippen MR) is 118 cm³/mol. The van der Waals surface area contributed by atoms with Gasteiger partial charge < -0.3 is 26.2 Å². The number of hydrogen-bond donors (Lipinski definition) is 5. The molecule has 0 saturated carbocycles. The topological polar surface area (TPSA) is 157 Å². The van der Waals surface area contributed by atoms with Gasteiger partial charge in [0.25, 0.3) is 11.8 Å². The Morgan fingerprint density at radius 2 is 1.78 bits per heavy atom. The third-order valence-corrected chi connectivity index (χ3v) is 5.51. The van der Waals surface area contributed by atoms with Gasteiger partial charge in [0, 0.05) is 35.3 Å². The number of nitrogens with zero attached hydrogens (tertiary/aromatic N) is 1. The molecule has 1 unspecified atom stereocenters. The van der Waals surface area contributed by atoms with Gasteiger partial charge in [0.2, 0.25) is 0 Å². The number of aromatic hydroxyl groups is 1. The molecule has 1 saturated heterocycles. The van der Waals surface area contributed by atoms with Crippen LogP contribution in [0.3, 0.4) is 0 Å². The average molecular weight is 438 g/mol. The predicted octanol–water partition coefficient (Wildman–Crippen LogP) is 2.17. The molecule has 1 heterocycles. The van der Waals surface area contributed by atoms with Gasteiger partial charge in [0.1, 0.15) is 11.6 Å². The van der Waals surface area contributed by atoms with Gasteiger partial charge in [-0.3, -0.25) is 19.8 Å². The number of nitrogen functional groups attached to an aromatic ring is 1. The van der Waals surface area contributed by atoms with Crippen LogP contribution in [0.2, 0.25) is 0 Å². The summed E-state index contributed by atoms with van der Waals surface area (Å²) in [6, 6.07) is 7.78. The maximum atomic E-state index is 12.9. The molecule has 0 radical (unpaired) electrons. The van der Waals surface area contributed by atoms with E-state index in [2.05, 4.69) is 5.32 Å². The number of aliphatic carboxylic acids is 1. The highest BCUT2D eigenvalue weighted by Gasteiger charge is 2.24. The van der Waals surface area contributed by atoms with E-state index < -0.39 is 24.3 Å². The molecular weight excluding hydrogens is 412 g/mol. The lowest BCUT2D eigenvalue weighted by atomic mass is 9.98. The molecule has 6 N–H and O–H groups in total. The largest absolute Gasteiger partial charge is 0.508 e. The number of carbonyl (C=O) groups excluding carboxylic acids is 2. The van der Waals surface area contributed by atoms with E-state index in [9.17, 15) is 24.6 Å². The van der Waals surface area contributed by atoms with Crippen molar-refractivity contribution in [3.05, 3.63) is 64.2 Å². The van der Waals surface area contributed by atoms with Crippen molar-refractivity contribution >= 4 is 23.6 Å². The van der Waals surface area contributed by atoms with Crippen LogP contribution in [0.15, 0.2) is 36.4 Å². The second kappa shape index (κ2) is 9.51. The van der Waals surface area contributed by atoms with Gasteiger partial charge in [-0.2, -0.15) is 0 Å². The number of nitrogens with one attached hydrogen (secondary N) is 2. The third-order valence-electron chi connectivity index (χ3n) is 5.51. The number of phenolic OH excluding ortho intramolecular Hbond substituents is 1. The standard InChI is InChI=1S/C23H26N4O5/c1-13-10-15(4-6-16(13)23(32)27-8-2-3-9-27)22(31)26-18(12-20(29)30)17-11-14(21(24)25)5-7-19(17)28/h4-7,10-11,18,28H,2-3,8-9,12H2,1H3,(H3,24,25)(H,26,31)(H,29,30). The Morgan fingerprint density at radius 1 is 1.12 bits per heavy atom. The summed E-state index contributed by atoms with van der Waals surface area (Å²) in [7, 11) is 0. The highest BCUT2D eigenvalue weighted by molar-refractivity contribution is 5.99. The molecule has 0 aromatic heterocycles. The van der Waals surface area contributed by atoms with E-state index in [0.717, 1.165) is 25.9 Å². The average Bonchev–Trinajstić information content (AvgIpc) is 3.27. The van der Waals surface area contributed by atoms with E-state index in [0.29, 0.717) is 16.7 Å². The summed E-state index contributed by atoms with van der Waals surface area (Å²) in [5.74, 6) is -2.26. The van der Waals surface area contributed by atoms with Crippen LogP contribution < -0.4 is 11.1 Å². The minimum Gasteiger partial charge on any atom is -0.508 e. The first kappa shape index (κ1) is 22.8. The molecular formula is C23H26N4O5. The molecule has 0 bridgehead atoms. The number of likely N-dealkylation sites (tertiary alicyclic amines) is 1. The molecule has 9 nitrogen and oxygen atoms in total. The first-order chi connectivity index (χ1) is 15.2. The minimum absolute atomic E-state index is 0.0679. The smallest absolute Gasteiger partial charge is 0.305 e. The zero-order chi connectivity index (χ0) is 23.4. The van der Waals surface area contributed by atoms with Gasteiger partial charge in [0.15, 0.2) is 0 Å². The van der Waals surface area contributed by atoms with Crippen molar-refractivity contribution in [3.63, 3.8) is 0 Å². The number of carboxylic acid groups (broad SMARTS) is 1. The molecule has 1 atom stereocenters. The van der Waals surface area contributed by atoms with Crippen molar-refractivity contribution in [1.29, 1.82) is 5.41 Å². The molecule has 2 aromatic rings. The van der Waals surface area contributed by atoms with Gasteiger partial charge in [-0.1, -0.05) is 0 Å². The molecule has 32 heavy (non-hydrogen) atoms. The van der Waals surface area contributed by atoms with E-state index in [1.807, 2.05) is 0 Å². The molecule has 0 aliphatic carbocycles. The van der Waals surface area contributed by atoms with Crippen molar-refractivity contribution in [3.8, 4) is 5.75 Å². The van der Waals surface area contributed by atoms with Crippen molar-refractivity contribution in [1.82, 2.24) is 10.2 Å². The van der Waals surface area contributed by atoms with Gasteiger partial charge >= 0.3 is 5.97 Å². The summed E-state index contributed by atoms with van der Waals surface area (Å²) in [5.41, 5.74) is 7.36. The first-order valence-corrected chi connectivity index (χ1v) is 10.3. The minimum atomic E-state index is -1.18. The second-order valence-electron chi connectivity index (χ2n) is 7.84. The number of aryl methyl sites for hydroxylation is 1. The SMILES string of the molecule is Cc1cc(C(=O)NC(CC(=O)O)c2cc(C(=N)N)ccc2O)ccc1C(=O)N1CCCC1. The normalized spacial score (nSPS) is 14.1. The van der Waals surface area contributed by atoms with Crippen LogP contribution in [0.5, 0.6) is 5.75 Å². The second-order valence-corrected chi connectivity index (χ2v) is 7.84. The summed E-state index contributed by atoms with van der Waals surface area (Å²) >= 11 is 0. The van der Waals surface area contributed by atoms with Crippen molar-refractivity contribution in [2.24, 2.45) is 5.73 Å². The zero-order valence-electron chi connectivity index (χ0n) is 17.7. The number of rotatable bonds is 7. The van der Waals surface area contributed by atoms with Crippen LogP contribution >= 0.6 is 0 Å². The fourth-order valence-electron chi connectivity index (χ4n) is 3.79. The van der Waals surface area contributed by atoms with E-state index in [4.69, 9.17) is 11.1 Å². The summed E-state index contributed by atoms with van der Waals surface area (Å²) < 4.78 is 0. The number of nitrogens with two attached hydrogens (primary N) is 1. The van der Waals surface area contributed by atoms with Gasteiger partial charge in [-0.15, -0.1) is 0 Å². The van der Waals surface area contributed by atoms with Crippen LogP contribution in [-0.4, -0.2) is 51.8 Å². The summed E-state index contributed by atoms with van der Waals surface area (Å²) in [6.07, 6.45) is 1.48. The molecule has 1 fully saturated rings.